The van der Waals surface area contributed by atoms with E-state index in [-0.39, 0.29) is 0 Å². The van der Waals surface area contributed by atoms with Gasteiger partial charge in [0.2, 0.25) is 0 Å². The van der Waals surface area contributed by atoms with E-state index in [4.69, 9.17) is 32.7 Å². The monoisotopic (exact) mass is 495 g/mol. The van der Waals surface area contributed by atoms with Gasteiger partial charge in [0.1, 0.15) is 17.3 Å². The Labute approximate surface area is 206 Å². The summed E-state index contributed by atoms with van der Waals surface area (Å²) < 4.78 is 11.1. The van der Waals surface area contributed by atoms with Gasteiger partial charge < -0.3 is 14.8 Å². The highest BCUT2D eigenvalue weighted by molar-refractivity contribution is 7.98. The number of halogens is 2. The van der Waals surface area contributed by atoms with Crippen LogP contribution in [0.25, 0.3) is 10.9 Å². The molecule has 0 bridgehead atoms. The molecule has 8 heteroatoms. The molecule has 0 atom stereocenters. The number of fused-ring (bicyclic) bond motifs is 1. The molecule has 0 aliphatic rings. The van der Waals surface area contributed by atoms with Crippen molar-refractivity contribution in [1.82, 2.24) is 4.98 Å². The summed E-state index contributed by atoms with van der Waals surface area (Å²) >= 11 is 14.2. The molecule has 4 aromatic rings. The van der Waals surface area contributed by atoms with E-state index in [1.807, 2.05) is 30.3 Å². The van der Waals surface area contributed by atoms with E-state index in [2.05, 4.69) is 28.5 Å². The Balaban J connectivity index is 1.78. The first-order chi connectivity index (χ1) is 16.0. The fourth-order valence-corrected chi connectivity index (χ4v) is 4.90. The molecule has 4 rings (SSSR count). The van der Waals surface area contributed by atoms with Crippen LogP contribution in [0.5, 0.6) is 11.5 Å². The molecule has 1 N–H and O–H groups in total. The number of aromatic nitrogens is 1. The molecule has 33 heavy (non-hydrogen) atoms. The number of ether oxygens (including phenoxy) is 2. The molecule has 0 radical (unpaired) electrons. The van der Waals surface area contributed by atoms with Gasteiger partial charge in [0.15, 0.2) is 5.75 Å². The molecule has 1 heterocycles. The van der Waals surface area contributed by atoms with Crippen molar-refractivity contribution < 1.29 is 9.47 Å². The summed E-state index contributed by atoms with van der Waals surface area (Å²) in [6.45, 7) is 0. The summed E-state index contributed by atoms with van der Waals surface area (Å²) in [6, 6.07) is 19.6. The Kier molecular flexibility index (Phi) is 7.14. The van der Waals surface area contributed by atoms with Gasteiger partial charge in [-0.1, -0.05) is 53.5 Å². The average molecular weight is 496 g/mol. The lowest BCUT2D eigenvalue weighted by Gasteiger charge is -2.17. The number of nitrogens with zero attached hydrogens (tertiary/aromatic N) is 2. The van der Waals surface area contributed by atoms with Gasteiger partial charge in [-0.15, -0.1) is 11.8 Å². The van der Waals surface area contributed by atoms with E-state index < -0.39 is 0 Å². The second-order valence-corrected chi connectivity index (χ2v) is 8.85. The van der Waals surface area contributed by atoms with Gasteiger partial charge in [-0.2, -0.15) is 5.26 Å². The topological polar surface area (TPSA) is 67.2 Å². The molecular formula is C25H19Cl2N3O2S. The van der Waals surface area contributed by atoms with Gasteiger partial charge in [-0.25, -0.2) is 0 Å². The van der Waals surface area contributed by atoms with E-state index >= 15 is 0 Å². The molecule has 0 aliphatic carbocycles. The van der Waals surface area contributed by atoms with Crippen LogP contribution in [0.2, 0.25) is 10.0 Å². The van der Waals surface area contributed by atoms with Crippen molar-refractivity contribution in [3.63, 3.8) is 0 Å². The number of hydrogen-bond acceptors (Lipinski definition) is 6. The van der Waals surface area contributed by atoms with Crippen molar-refractivity contribution in [3.05, 3.63) is 82.0 Å². The van der Waals surface area contributed by atoms with E-state index in [0.717, 1.165) is 16.0 Å². The first-order valence-corrected chi connectivity index (χ1v) is 11.7. The maximum atomic E-state index is 9.72. The van der Waals surface area contributed by atoms with E-state index in [0.29, 0.717) is 44.0 Å². The van der Waals surface area contributed by atoms with Gasteiger partial charge in [0, 0.05) is 23.4 Å². The Morgan fingerprint density at radius 1 is 1.03 bits per heavy atom. The number of benzene rings is 3. The van der Waals surface area contributed by atoms with Crippen LogP contribution >= 0.6 is 35.0 Å². The normalized spacial score (nSPS) is 10.6. The minimum atomic E-state index is 0.374. The van der Waals surface area contributed by atoms with Crippen LogP contribution in [-0.2, 0) is 5.75 Å². The molecule has 0 amide bonds. The van der Waals surface area contributed by atoms with Gasteiger partial charge in [0.05, 0.1) is 46.1 Å². The molecule has 0 unspecified atom stereocenters. The van der Waals surface area contributed by atoms with Crippen LogP contribution in [0.15, 0.2) is 65.7 Å². The molecule has 0 saturated heterocycles. The number of anilines is 2. The van der Waals surface area contributed by atoms with Crippen LogP contribution in [0.1, 0.15) is 11.1 Å². The maximum Gasteiger partial charge on any atom is 0.158 e. The maximum absolute atomic E-state index is 9.72. The smallest absolute Gasteiger partial charge is 0.158 e. The summed E-state index contributed by atoms with van der Waals surface area (Å²) in [7, 11) is 3.15. The second-order valence-electron chi connectivity index (χ2n) is 7.02. The highest BCUT2D eigenvalue weighted by atomic mass is 35.5. The molecule has 0 saturated carbocycles. The first kappa shape index (κ1) is 23.1. The number of rotatable bonds is 7. The zero-order valence-corrected chi connectivity index (χ0v) is 20.2. The predicted molar refractivity (Wildman–Crippen MR) is 135 cm³/mol. The zero-order chi connectivity index (χ0) is 23.4. The largest absolute Gasteiger partial charge is 0.495 e. The Morgan fingerprint density at radius 3 is 2.52 bits per heavy atom. The van der Waals surface area contributed by atoms with Gasteiger partial charge in [0.25, 0.3) is 0 Å². The van der Waals surface area contributed by atoms with E-state index in [1.165, 1.54) is 18.9 Å². The summed E-state index contributed by atoms with van der Waals surface area (Å²) in [6.07, 6.45) is 1.53. The van der Waals surface area contributed by atoms with Crippen molar-refractivity contribution >= 4 is 57.2 Å². The molecule has 3 aromatic carbocycles. The fourth-order valence-electron chi connectivity index (χ4n) is 3.40. The summed E-state index contributed by atoms with van der Waals surface area (Å²) in [5.41, 5.74) is 3.37. The lowest BCUT2D eigenvalue weighted by atomic mass is 10.1. The first-order valence-electron chi connectivity index (χ1n) is 9.92. The van der Waals surface area contributed by atoms with Crippen molar-refractivity contribution in [2.75, 3.05) is 19.5 Å². The third-order valence-corrected chi connectivity index (χ3v) is 6.74. The zero-order valence-electron chi connectivity index (χ0n) is 17.9. The highest BCUT2D eigenvalue weighted by Gasteiger charge is 2.18. The molecule has 166 valence electrons. The third-order valence-electron chi connectivity index (χ3n) is 5.02. The Morgan fingerprint density at radius 2 is 1.82 bits per heavy atom. The lowest BCUT2D eigenvalue weighted by Crippen LogP contribution is -2.00. The van der Waals surface area contributed by atoms with Gasteiger partial charge >= 0.3 is 0 Å². The van der Waals surface area contributed by atoms with Gasteiger partial charge in [-0.3, -0.25) is 4.98 Å². The van der Waals surface area contributed by atoms with Crippen molar-refractivity contribution in [3.8, 4) is 17.6 Å². The molecule has 0 fully saturated rings. The summed E-state index contributed by atoms with van der Waals surface area (Å²) in [5, 5.41) is 14.5. The van der Waals surface area contributed by atoms with Crippen LogP contribution in [0, 0.1) is 11.3 Å². The predicted octanol–water partition coefficient (Wildman–Crippen LogP) is 7.47. The minimum Gasteiger partial charge on any atom is -0.495 e. The van der Waals surface area contributed by atoms with Crippen molar-refractivity contribution in [1.29, 1.82) is 5.26 Å². The molecule has 0 spiro atoms. The molecular weight excluding hydrogens is 477 g/mol. The van der Waals surface area contributed by atoms with Crippen LogP contribution in [-0.4, -0.2) is 19.2 Å². The number of hydrogen-bond donors (Lipinski definition) is 1. The second kappa shape index (κ2) is 10.2. The van der Waals surface area contributed by atoms with Crippen LogP contribution in [0.4, 0.5) is 11.4 Å². The molecule has 1 aromatic heterocycles. The molecule has 0 aliphatic heterocycles. The number of methoxy groups -OCH3 is 2. The lowest BCUT2D eigenvalue weighted by molar-refractivity contribution is 0.409. The minimum absolute atomic E-state index is 0.374. The summed E-state index contributed by atoms with van der Waals surface area (Å²) in [5.74, 6) is 1.92. The highest BCUT2D eigenvalue weighted by Crippen LogP contribution is 2.42. The van der Waals surface area contributed by atoms with Crippen molar-refractivity contribution in [2.24, 2.45) is 0 Å². The Hall–Kier alpha value is -3.11. The van der Waals surface area contributed by atoms with Crippen LogP contribution < -0.4 is 14.8 Å². The number of nitriles is 1. The SMILES string of the molecule is COc1cc(Nc2c(C#N)cnc3c(OC)c(SCc4ccccc4)ccc23)c(Cl)cc1Cl. The fraction of sp³-hybridized carbons (Fsp3) is 0.120. The number of pyridine rings is 1. The van der Waals surface area contributed by atoms with E-state index in [1.54, 1.807) is 31.0 Å². The van der Waals surface area contributed by atoms with E-state index in [9.17, 15) is 5.26 Å². The number of nitrogens with one attached hydrogen (secondary N) is 1. The number of thioether (sulfide) groups is 1. The van der Waals surface area contributed by atoms with Crippen LogP contribution in [0.3, 0.4) is 0 Å². The molecule has 5 nitrogen and oxygen atoms in total. The summed E-state index contributed by atoms with van der Waals surface area (Å²) in [4.78, 5) is 5.49. The standard InChI is InChI=1S/C25H19Cl2N3O2S/c1-31-21-11-20(18(26)10-19(21)27)30-23-16(12-28)13-29-24-17(23)8-9-22(25(24)32-2)33-14-15-6-4-3-5-7-15/h3-11,13H,14H2,1-2H3,(H,29,30). The van der Waals surface area contributed by atoms with Gasteiger partial charge in [-0.05, 0) is 23.8 Å². The Bertz CT molecular complexity index is 1360. The quantitative estimate of drug-likeness (QED) is 0.268. The third kappa shape index (κ3) is 4.81. The average Bonchev–Trinajstić information content (AvgIpc) is 2.84. The van der Waals surface area contributed by atoms with Crippen molar-refractivity contribution in [2.45, 2.75) is 10.6 Å².